The third kappa shape index (κ3) is 7.76. The summed E-state index contributed by atoms with van der Waals surface area (Å²) in [6, 6.07) is 0. The van der Waals surface area contributed by atoms with E-state index in [1.165, 1.54) is 19.3 Å². The maximum atomic E-state index is 11.6. The number of hydrogen-bond acceptors (Lipinski definition) is 4. The van der Waals surface area contributed by atoms with Crippen LogP contribution >= 0.6 is 33.0 Å². The second kappa shape index (κ2) is 8.53. The summed E-state index contributed by atoms with van der Waals surface area (Å²) in [5.74, 6) is 0.310. The largest absolute Gasteiger partial charge is 0.294 e. The molecule has 1 aliphatic rings. The molecule has 1 aliphatic carbocycles. The van der Waals surface area contributed by atoms with Crippen LogP contribution in [0, 0.1) is 5.92 Å². The summed E-state index contributed by atoms with van der Waals surface area (Å²) >= 11 is 0. The molecule has 0 aliphatic heterocycles. The van der Waals surface area contributed by atoms with Crippen LogP contribution in [0.25, 0.3) is 0 Å². The Bertz CT molecular complexity index is 270. The molecule has 0 aromatic rings. The van der Waals surface area contributed by atoms with Gasteiger partial charge >= 0.3 is 0 Å². The molecule has 106 valence electrons. The molecular weight excluding hydrogens is 306 g/mol. The third-order valence-electron chi connectivity index (χ3n) is 3.16. The fraction of sp³-hybridized carbons (Fsp3) is 0.900. The number of carbonyl (C=O) groups is 1. The van der Waals surface area contributed by atoms with Crippen molar-refractivity contribution in [1.29, 1.82) is 0 Å². The Morgan fingerprint density at radius 1 is 1.28 bits per heavy atom. The highest BCUT2D eigenvalue weighted by Gasteiger charge is 2.39. The van der Waals surface area contributed by atoms with Crippen LogP contribution in [0.4, 0.5) is 0 Å². The first kappa shape index (κ1) is 17.3. The molecule has 0 radical (unpaired) electrons. The molecule has 0 spiro atoms. The predicted molar refractivity (Wildman–Crippen MR) is 87.0 cm³/mol. The maximum Gasteiger partial charge on any atom is 0.275 e. The van der Waals surface area contributed by atoms with Crippen LogP contribution in [0.5, 0.6) is 0 Å². The highest BCUT2D eigenvalue weighted by molar-refractivity contribution is 8.42. The van der Waals surface area contributed by atoms with E-state index in [0.717, 1.165) is 12.8 Å². The lowest BCUT2D eigenvalue weighted by Crippen LogP contribution is -2.24. The zero-order valence-electron chi connectivity index (χ0n) is 10.6. The van der Waals surface area contributed by atoms with E-state index in [4.69, 9.17) is 0 Å². The van der Waals surface area contributed by atoms with Gasteiger partial charge in [-0.25, -0.2) is 9.79 Å². The smallest absolute Gasteiger partial charge is 0.275 e. The predicted octanol–water partition coefficient (Wildman–Crippen LogP) is 2.53. The van der Waals surface area contributed by atoms with E-state index in [2.05, 4.69) is 22.9 Å². The van der Waals surface area contributed by atoms with Crippen molar-refractivity contribution in [1.82, 2.24) is 5.09 Å². The number of ketones is 1. The van der Waals surface area contributed by atoms with Gasteiger partial charge in [0.15, 0.2) is 11.9 Å². The van der Waals surface area contributed by atoms with Gasteiger partial charge in [-0.1, -0.05) is 37.1 Å². The molecular formula is C10H24NO3P4+. The van der Waals surface area contributed by atoms with Gasteiger partial charge in [0, 0.05) is 0 Å². The average molecular weight is 330 g/mol. The summed E-state index contributed by atoms with van der Waals surface area (Å²) in [5.41, 5.74) is 0. The molecule has 2 atom stereocenters. The first-order chi connectivity index (χ1) is 8.39. The minimum absolute atomic E-state index is 0.0605. The molecule has 1 saturated carbocycles. The van der Waals surface area contributed by atoms with Gasteiger partial charge in [-0.05, 0) is 26.2 Å². The van der Waals surface area contributed by atoms with Gasteiger partial charge in [0.2, 0.25) is 0 Å². The van der Waals surface area contributed by atoms with Gasteiger partial charge in [-0.2, -0.15) is 0 Å². The first-order valence-corrected chi connectivity index (χ1v) is 12.9. The van der Waals surface area contributed by atoms with Gasteiger partial charge < -0.3 is 0 Å². The SMILES string of the molecule is O=C(CNP(P)P)C[P+](O)(O)CC1CCCCC1. The molecule has 2 unspecified atom stereocenters. The van der Waals surface area contributed by atoms with E-state index >= 15 is 0 Å². The van der Waals surface area contributed by atoms with Crippen LogP contribution < -0.4 is 5.09 Å². The Labute approximate surface area is 116 Å². The topological polar surface area (TPSA) is 69.6 Å². The Morgan fingerprint density at radius 3 is 2.44 bits per heavy atom. The van der Waals surface area contributed by atoms with Crippen molar-refractivity contribution in [3.8, 4) is 0 Å². The third-order valence-corrected chi connectivity index (χ3v) is 6.74. The molecule has 0 amide bonds. The number of nitrogens with one attached hydrogen (secondary N) is 1. The molecule has 18 heavy (non-hydrogen) atoms. The Balaban J connectivity index is 2.30. The number of rotatable bonds is 7. The zero-order valence-corrected chi connectivity index (χ0v) is 14.7. The second-order valence-electron chi connectivity index (χ2n) is 5.00. The first-order valence-electron chi connectivity index (χ1n) is 6.26. The second-order valence-corrected chi connectivity index (χ2v) is 13.7. The molecule has 1 fully saturated rings. The van der Waals surface area contributed by atoms with E-state index in [0.29, 0.717) is 12.1 Å². The van der Waals surface area contributed by atoms with Crippen molar-refractivity contribution in [2.45, 2.75) is 32.1 Å². The molecule has 0 aromatic heterocycles. The lowest BCUT2D eigenvalue weighted by Gasteiger charge is -2.23. The van der Waals surface area contributed by atoms with Crippen LogP contribution in [0.2, 0.25) is 0 Å². The number of carbonyl (C=O) groups excluding carboxylic acids is 1. The van der Waals surface area contributed by atoms with Crippen molar-refractivity contribution in [2.75, 3.05) is 18.9 Å². The van der Waals surface area contributed by atoms with E-state index in [1.54, 1.807) is 0 Å². The fourth-order valence-corrected chi connectivity index (χ4v) is 5.27. The standard InChI is InChI=1S/C10H24NO3P4/c12-10(6-11-17(15)16)8-18(13,14)7-9-4-2-1-3-5-9/h9,11,13-14H,1-8,15-16H2/q+1. The van der Waals surface area contributed by atoms with Crippen molar-refractivity contribution < 1.29 is 14.6 Å². The summed E-state index contributed by atoms with van der Waals surface area (Å²) < 4.78 is 0. The van der Waals surface area contributed by atoms with E-state index < -0.39 is 15.2 Å². The van der Waals surface area contributed by atoms with Crippen LogP contribution in [0.3, 0.4) is 0 Å². The van der Waals surface area contributed by atoms with Crippen LogP contribution in [-0.2, 0) is 4.79 Å². The summed E-state index contributed by atoms with van der Waals surface area (Å²) in [4.78, 5) is 31.7. The molecule has 8 heteroatoms. The average Bonchev–Trinajstić information content (AvgIpc) is 2.26. The quantitative estimate of drug-likeness (QED) is 0.628. The highest BCUT2D eigenvalue weighted by atomic mass is 32.4. The molecule has 0 saturated heterocycles. The van der Waals surface area contributed by atoms with Gasteiger partial charge in [-0.3, -0.25) is 9.88 Å². The van der Waals surface area contributed by atoms with Crippen molar-refractivity contribution in [3.63, 3.8) is 0 Å². The lowest BCUT2D eigenvalue weighted by atomic mass is 9.91. The summed E-state index contributed by atoms with van der Waals surface area (Å²) in [6.45, 7) is 0.228. The Kier molecular flexibility index (Phi) is 8.21. The van der Waals surface area contributed by atoms with Crippen molar-refractivity contribution >= 4 is 38.8 Å². The van der Waals surface area contributed by atoms with Gasteiger partial charge in [-0.15, -0.1) is 0 Å². The van der Waals surface area contributed by atoms with Gasteiger partial charge in [0.05, 0.1) is 6.54 Å². The minimum atomic E-state index is -3.02. The summed E-state index contributed by atoms with van der Waals surface area (Å²) in [5, 5.41) is 3.01. The molecule has 4 nitrogen and oxygen atoms in total. The molecule has 0 heterocycles. The summed E-state index contributed by atoms with van der Waals surface area (Å²) in [7, 11) is 1.66. The molecule has 0 aromatic carbocycles. The van der Waals surface area contributed by atoms with E-state index in [1.807, 2.05) is 0 Å². The van der Waals surface area contributed by atoms with Gasteiger partial charge in [0.25, 0.3) is 7.72 Å². The van der Waals surface area contributed by atoms with Crippen molar-refractivity contribution in [3.05, 3.63) is 0 Å². The molecule has 0 bridgehead atoms. The Morgan fingerprint density at radius 2 is 1.89 bits per heavy atom. The Hall–Kier alpha value is 1.27. The number of hydrogen-bond donors (Lipinski definition) is 3. The normalized spacial score (nSPS) is 18.3. The zero-order chi connectivity index (χ0) is 13.6. The molecule has 1 rings (SSSR count). The highest BCUT2D eigenvalue weighted by Crippen LogP contribution is 2.53. The van der Waals surface area contributed by atoms with Gasteiger partial charge in [0.1, 0.15) is 6.16 Å². The monoisotopic (exact) mass is 330 g/mol. The van der Waals surface area contributed by atoms with Crippen LogP contribution in [0.1, 0.15) is 32.1 Å². The molecule has 3 N–H and O–H groups in total. The van der Waals surface area contributed by atoms with E-state index in [9.17, 15) is 14.6 Å². The summed E-state index contributed by atoms with van der Waals surface area (Å²) in [6.07, 6.45) is 6.17. The van der Waals surface area contributed by atoms with Crippen molar-refractivity contribution in [2.24, 2.45) is 5.92 Å². The fourth-order valence-electron chi connectivity index (χ4n) is 2.37. The van der Waals surface area contributed by atoms with Crippen LogP contribution in [0.15, 0.2) is 0 Å². The minimum Gasteiger partial charge on any atom is -0.294 e. The van der Waals surface area contributed by atoms with Crippen LogP contribution in [-0.4, -0.2) is 34.4 Å². The van der Waals surface area contributed by atoms with E-state index in [-0.39, 0.29) is 18.5 Å². The lowest BCUT2D eigenvalue weighted by molar-refractivity contribution is -0.115. The number of Topliss-reactive ketones (excluding diaryl/α,β-unsaturated/α-hetero) is 1. The maximum absolute atomic E-state index is 11.6.